The highest BCUT2D eigenvalue weighted by atomic mass is 16.3. The number of hydrogen-bond acceptors (Lipinski definition) is 3. The zero-order chi connectivity index (χ0) is 11.7. The van der Waals surface area contributed by atoms with Crippen LogP contribution in [0.15, 0.2) is 10.5 Å². The number of furan rings is 1. The lowest BCUT2D eigenvalue weighted by molar-refractivity contribution is 0.0706. The maximum Gasteiger partial charge on any atom is 0.257 e. The van der Waals surface area contributed by atoms with E-state index in [4.69, 9.17) is 9.52 Å². The van der Waals surface area contributed by atoms with Crippen LogP contribution in [0.4, 0.5) is 0 Å². The van der Waals surface area contributed by atoms with Crippen molar-refractivity contribution in [3.8, 4) is 0 Å². The van der Waals surface area contributed by atoms with Gasteiger partial charge in [-0.3, -0.25) is 4.79 Å². The minimum Gasteiger partial charge on any atom is -0.466 e. The second-order valence-electron chi connectivity index (χ2n) is 4.28. The second kappa shape index (κ2) is 4.29. The van der Waals surface area contributed by atoms with Crippen LogP contribution >= 0.6 is 0 Å². The third-order valence-corrected chi connectivity index (χ3v) is 2.86. The maximum absolute atomic E-state index is 12.2. The summed E-state index contributed by atoms with van der Waals surface area (Å²) < 4.78 is 5.35. The molecule has 1 N–H and O–H groups in total. The fourth-order valence-electron chi connectivity index (χ4n) is 1.94. The third-order valence-electron chi connectivity index (χ3n) is 2.86. The van der Waals surface area contributed by atoms with Crippen LogP contribution < -0.4 is 0 Å². The zero-order valence-corrected chi connectivity index (χ0v) is 9.69. The summed E-state index contributed by atoms with van der Waals surface area (Å²) in [5, 5.41) is 8.97. The number of carbonyl (C=O) groups is 1. The van der Waals surface area contributed by atoms with Crippen molar-refractivity contribution in [2.24, 2.45) is 0 Å². The van der Waals surface area contributed by atoms with Gasteiger partial charge in [-0.1, -0.05) is 0 Å². The van der Waals surface area contributed by atoms with Crippen LogP contribution in [0.5, 0.6) is 0 Å². The average Bonchev–Trinajstić information content (AvgIpc) is 3.00. The summed E-state index contributed by atoms with van der Waals surface area (Å²) >= 11 is 0. The molecule has 1 saturated carbocycles. The van der Waals surface area contributed by atoms with Crippen LogP contribution in [0.25, 0.3) is 0 Å². The van der Waals surface area contributed by atoms with Crippen LogP contribution in [-0.4, -0.2) is 35.1 Å². The molecule has 0 saturated heterocycles. The average molecular weight is 223 g/mol. The van der Waals surface area contributed by atoms with Crippen LogP contribution in [0.1, 0.15) is 34.7 Å². The molecule has 0 aromatic carbocycles. The number of aliphatic hydroxyl groups is 1. The summed E-state index contributed by atoms with van der Waals surface area (Å²) in [5.74, 6) is 1.39. The highest BCUT2D eigenvalue weighted by molar-refractivity contribution is 5.95. The first-order chi connectivity index (χ1) is 7.63. The van der Waals surface area contributed by atoms with E-state index in [-0.39, 0.29) is 12.5 Å². The molecule has 1 fully saturated rings. The SMILES string of the molecule is Cc1cc(C(=O)N(CCO)C2CC2)c(C)o1. The Bertz CT molecular complexity index is 393. The lowest BCUT2D eigenvalue weighted by atomic mass is 10.2. The van der Waals surface area contributed by atoms with Gasteiger partial charge >= 0.3 is 0 Å². The monoisotopic (exact) mass is 223 g/mol. The number of amides is 1. The minimum atomic E-state index is -0.0223. The lowest BCUT2D eigenvalue weighted by Gasteiger charge is -2.20. The molecule has 1 aliphatic rings. The van der Waals surface area contributed by atoms with E-state index in [1.54, 1.807) is 17.9 Å². The molecule has 0 atom stereocenters. The molecule has 0 aliphatic heterocycles. The number of rotatable bonds is 4. The summed E-state index contributed by atoms with van der Waals surface area (Å²) in [5.41, 5.74) is 0.623. The molecule has 88 valence electrons. The summed E-state index contributed by atoms with van der Waals surface area (Å²) in [7, 11) is 0. The third kappa shape index (κ3) is 2.11. The Morgan fingerprint density at radius 1 is 1.56 bits per heavy atom. The van der Waals surface area contributed by atoms with Gasteiger partial charge < -0.3 is 14.4 Å². The largest absolute Gasteiger partial charge is 0.466 e. The molecule has 1 aromatic heterocycles. The Morgan fingerprint density at radius 2 is 2.25 bits per heavy atom. The Labute approximate surface area is 94.9 Å². The Balaban J connectivity index is 2.18. The van der Waals surface area contributed by atoms with Gasteiger partial charge in [-0.25, -0.2) is 0 Å². The van der Waals surface area contributed by atoms with E-state index in [1.165, 1.54) is 0 Å². The molecule has 0 spiro atoms. The Hall–Kier alpha value is -1.29. The molecule has 4 heteroatoms. The quantitative estimate of drug-likeness (QED) is 0.841. The van der Waals surface area contributed by atoms with Crippen molar-refractivity contribution in [1.29, 1.82) is 0 Å². The van der Waals surface area contributed by atoms with Gasteiger partial charge in [0.1, 0.15) is 11.5 Å². The van der Waals surface area contributed by atoms with Gasteiger partial charge in [0, 0.05) is 12.6 Å². The van der Waals surface area contributed by atoms with E-state index in [2.05, 4.69) is 0 Å². The van der Waals surface area contributed by atoms with E-state index < -0.39 is 0 Å². The minimum absolute atomic E-state index is 0.0120. The summed E-state index contributed by atoms with van der Waals surface area (Å²) in [6.07, 6.45) is 2.09. The molecule has 1 amide bonds. The van der Waals surface area contributed by atoms with Gasteiger partial charge in [-0.05, 0) is 32.8 Å². The van der Waals surface area contributed by atoms with Crippen molar-refractivity contribution in [3.63, 3.8) is 0 Å². The van der Waals surface area contributed by atoms with Gasteiger partial charge in [0.15, 0.2) is 0 Å². The first-order valence-corrected chi connectivity index (χ1v) is 5.62. The molecule has 0 radical (unpaired) electrons. The number of carbonyl (C=O) groups excluding carboxylic acids is 1. The Morgan fingerprint density at radius 3 is 2.69 bits per heavy atom. The molecule has 2 rings (SSSR count). The smallest absolute Gasteiger partial charge is 0.257 e. The number of aliphatic hydroxyl groups excluding tert-OH is 1. The van der Waals surface area contributed by atoms with Crippen molar-refractivity contribution >= 4 is 5.91 Å². The van der Waals surface area contributed by atoms with Crippen molar-refractivity contribution in [2.45, 2.75) is 32.7 Å². The number of hydrogen-bond donors (Lipinski definition) is 1. The van der Waals surface area contributed by atoms with Crippen LogP contribution in [0.3, 0.4) is 0 Å². The molecular formula is C12H17NO3. The van der Waals surface area contributed by atoms with Gasteiger partial charge in [0.2, 0.25) is 0 Å². The summed E-state index contributed by atoms with van der Waals surface area (Å²) in [6, 6.07) is 2.08. The topological polar surface area (TPSA) is 53.7 Å². The highest BCUT2D eigenvalue weighted by Crippen LogP contribution is 2.29. The van der Waals surface area contributed by atoms with Gasteiger partial charge in [0.05, 0.1) is 12.2 Å². The lowest BCUT2D eigenvalue weighted by Crippen LogP contribution is -2.35. The van der Waals surface area contributed by atoms with Crippen LogP contribution in [0, 0.1) is 13.8 Å². The van der Waals surface area contributed by atoms with Crippen LogP contribution in [0.2, 0.25) is 0 Å². The van der Waals surface area contributed by atoms with Gasteiger partial charge in [0.25, 0.3) is 5.91 Å². The van der Waals surface area contributed by atoms with Crippen molar-refractivity contribution in [3.05, 3.63) is 23.2 Å². The van der Waals surface area contributed by atoms with E-state index in [0.29, 0.717) is 23.9 Å². The standard InChI is InChI=1S/C12H17NO3/c1-8-7-11(9(2)16-8)12(15)13(5-6-14)10-3-4-10/h7,10,14H,3-6H2,1-2H3. The number of nitrogens with zero attached hydrogens (tertiary/aromatic N) is 1. The summed E-state index contributed by atoms with van der Waals surface area (Å²) in [4.78, 5) is 14.0. The first kappa shape index (κ1) is 11.2. The fraction of sp³-hybridized carbons (Fsp3) is 0.583. The van der Waals surface area contributed by atoms with Crippen molar-refractivity contribution in [1.82, 2.24) is 4.90 Å². The van der Waals surface area contributed by atoms with E-state index in [9.17, 15) is 4.79 Å². The summed E-state index contributed by atoms with van der Waals surface area (Å²) in [6.45, 7) is 4.05. The molecule has 16 heavy (non-hydrogen) atoms. The predicted octanol–water partition coefficient (Wildman–Crippen LogP) is 1.49. The van der Waals surface area contributed by atoms with E-state index in [1.807, 2.05) is 6.92 Å². The second-order valence-corrected chi connectivity index (χ2v) is 4.28. The number of aryl methyl sites for hydroxylation is 2. The maximum atomic E-state index is 12.2. The predicted molar refractivity (Wildman–Crippen MR) is 59.3 cm³/mol. The normalized spacial score (nSPS) is 15.2. The van der Waals surface area contributed by atoms with Crippen molar-refractivity contribution < 1.29 is 14.3 Å². The first-order valence-electron chi connectivity index (χ1n) is 5.62. The molecule has 1 aliphatic carbocycles. The van der Waals surface area contributed by atoms with Crippen LogP contribution in [-0.2, 0) is 0 Å². The molecule has 4 nitrogen and oxygen atoms in total. The van der Waals surface area contributed by atoms with E-state index >= 15 is 0 Å². The zero-order valence-electron chi connectivity index (χ0n) is 9.69. The Kier molecular flexibility index (Phi) is 3.01. The molecular weight excluding hydrogens is 206 g/mol. The molecule has 1 aromatic rings. The van der Waals surface area contributed by atoms with Gasteiger partial charge in [-0.15, -0.1) is 0 Å². The fourth-order valence-corrected chi connectivity index (χ4v) is 1.94. The van der Waals surface area contributed by atoms with Crippen molar-refractivity contribution in [2.75, 3.05) is 13.2 Å². The molecule has 1 heterocycles. The highest BCUT2D eigenvalue weighted by Gasteiger charge is 2.33. The molecule has 0 bridgehead atoms. The van der Waals surface area contributed by atoms with E-state index in [0.717, 1.165) is 18.6 Å². The molecule has 0 unspecified atom stereocenters. The van der Waals surface area contributed by atoms with Gasteiger partial charge in [-0.2, -0.15) is 0 Å².